The lowest BCUT2D eigenvalue weighted by atomic mass is 10.0. The Morgan fingerprint density at radius 1 is 0.828 bits per heavy atom. The van der Waals surface area contributed by atoms with E-state index >= 15 is 0 Å². The zero-order chi connectivity index (χ0) is 20.4. The van der Waals surface area contributed by atoms with Gasteiger partial charge in [0.15, 0.2) is 0 Å². The van der Waals surface area contributed by atoms with Crippen molar-refractivity contribution < 1.29 is 14.4 Å². The van der Waals surface area contributed by atoms with Crippen molar-refractivity contribution in [3.8, 4) is 0 Å². The number of carbonyl (C=O) groups is 3. The highest BCUT2D eigenvalue weighted by Gasteiger charge is 2.42. The molecule has 1 atom stereocenters. The van der Waals surface area contributed by atoms with Crippen LogP contribution in [-0.4, -0.2) is 28.7 Å². The molecular formula is C24H20N2O3. The first kappa shape index (κ1) is 18.6. The molecule has 5 nitrogen and oxygen atoms in total. The molecule has 0 fully saturated rings. The van der Waals surface area contributed by atoms with Gasteiger partial charge in [0.2, 0.25) is 5.91 Å². The average Bonchev–Trinajstić information content (AvgIpc) is 2.99. The minimum Gasteiger partial charge on any atom is -0.324 e. The number of nitrogens with zero attached hydrogens (tertiary/aromatic N) is 1. The number of anilines is 1. The van der Waals surface area contributed by atoms with E-state index in [-0.39, 0.29) is 6.42 Å². The SMILES string of the molecule is Cc1ccc(NC(=O)C(Cc2ccccc2)N2C(=O)c3ccccc3C2=O)cc1. The van der Waals surface area contributed by atoms with Gasteiger partial charge in [0, 0.05) is 12.1 Å². The van der Waals surface area contributed by atoms with Crippen LogP contribution in [0, 0.1) is 6.92 Å². The van der Waals surface area contributed by atoms with E-state index in [1.165, 1.54) is 0 Å². The van der Waals surface area contributed by atoms with Gasteiger partial charge in [-0.05, 0) is 36.8 Å². The molecule has 0 saturated carbocycles. The first-order valence-electron chi connectivity index (χ1n) is 9.43. The molecule has 3 amide bonds. The quantitative estimate of drug-likeness (QED) is 0.680. The van der Waals surface area contributed by atoms with Crippen LogP contribution in [0.2, 0.25) is 0 Å². The van der Waals surface area contributed by atoms with Crippen LogP contribution in [0.5, 0.6) is 0 Å². The van der Waals surface area contributed by atoms with E-state index in [0.717, 1.165) is 16.0 Å². The van der Waals surface area contributed by atoms with Crippen LogP contribution >= 0.6 is 0 Å². The van der Waals surface area contributed by atoms with Crippen molar-refractivity contribution in [2.24, 2.45) is 0 Å². The Hall–Kier alpha value is -3.73. The van der Waals surface area contributed by atoms with Gasteiger partial charge in [-0.3, -0.25) is 19.3 Å². The summed E-state index contributed by atoms with van der Waals surface area (Å²) < 4.78 is 0. The Morgan fingerprint density at radius 3 is 1.97 bits per heavy atom. The van der Waals surface area contributed by atoms with Gasteiger partial charge in [0.1, 0.15) is 6.04 Å². The van der Waals surface area contributed by atoms with Gasteiger partial charge in [-0.15, -0.1) is 0 Å². The van der Waals surface area contributed by atoms with Gasteiger partial charge in [-0.2, -0.15) is 0 Å². The summed E-state index contributed by atoms with van der Waals surface area (Å²) in [7, 11) is 0. The molecule has 1 aliphatic heterocycles. The third kappa shape index (κ3) is 3.67. The third-order valence-electron chi connectivity index (χ3n) is 5.03. The number of carbonyl (C=O) groups excluding carboxylic acids is 3. The monoisotopic (exact) mass is 384 g/mol. The van der Waals surface area contributed by atoms with E-state index < -0.39 is 23.8 Å². The number of amides is 3. The second kappa shape index (κ2) is 7.72. The number of fused-ring (bicyclic) bond motifs is 1. The molecule has 144 valence electrons. The maximum Gasteiger partial charge on any atom is 0.262 e. The number of aryl methyl sites for hydroxylation is 1. The number of benzene rings is 3. The maximum atomic E-state index is 13.2. The van der Waals surface area contributed by atoms with Crippen molar-refractivity contribution in [2.45, 2.75) is 19.4 Å². The van der Waals surface area contributed by atoms with Crippen molar-refractivity contribution in [1.29, 1.82) is 0 Å². The summed E-state index contributed by atoms with van der Waals surface area (Å²) >= 11 is 0. The summed E-state index contributed by atoms with van der Waals surface area (Å²) in [6, 6.07) is 22.5. The highest BCUT2D eigenvalue weighted by molar-refractivity contribution is 6.23. The topological polar surface area (TPSA) is 66.5 Å². The molecule has 29 heavy (non-hydrogen) atoms. The fraction of sp³-hybridized carbons (Fsp3) is 0.125. The fourth-order valence-corrected chi connectivity index (χ4v) is 3.49. The molecule has 0 bridgehead atoms. The normalized spacial score (nSPS) is 13.9. The Bertz CT molecular complexity index is 1040. The molecule has 1 unspecified atom stereocenters. The molecule has 1 aliphatic rings. The number of imide groups is 1. The minimum atomic E-state index is -0.953. The van der Waals surface area contributed by atoms with Crippen LogP contribution in [0.3, 0.4) is 0 Å². The van der Waals surface area contributed by atoms with Gasteiger partial charge in [0.05, 0.1) is 11.1 Å². The van der Waals surface area contributed by atoms with Crippen molar-refractivity contribution in [3.63, 3.8) is 0 Å². The van der Waals surface area contributed by atoms with Crippen LogP contribution in [0.1, 0.15) is 31.8 Å². The van der Waals surface area contributed by atoms with E-state index in [4.69, 9.17) is 0 Å². The molecule has 0 radical (unpaired) electrons. The Kier molecular flexibility index (Phi) is 4.96. The molecular weight excluding hydrogens is 364 g/mol. The molecule has 0 spiro atoms. The van der Waals surface area contributed by atoms with E-state index in [9.17, 15) is 14.4 Å². The average molecular weight is 384 g/mol. The predicted octanol–water partition coefficient (Wildman–Crippen LogP) is 3.84. The van der Waals surface area contributed by atoms with Crippen molar-refractivity contribution >= 4 is 23.4 Å². The standard InChI is InChI=1S/C24H20N2O3/c1-16-11-13-18(14-12-16)25-22(27)21(15-17-7-3-2-4-8-17)26-23(28)19-9-5-6-10-20(19)24(26)29/h2-14,21H,15H2,1H3,(H,25,27). The lowest BCUT2D eigenvalue weighted by molar-refractivity contribution is -0.119. The highest BCUT2D eigenvalue weighted by Crippen LogP contribution is 2.26. The second-order valence-electron chi connectivity index (χ2n) is 7.09. The summed E-state index contributed by atoms with van der Waals surface area (Å²) in [5, 5.41) is 2.85. The summed E-state index contributed by atoms with van der Waals surface area (Å²) in [5.74, 6) is -1.27. The number of hydrogen-bond donors (Lipinski definition) is 1. The summed E-state index contributed by atoms with van der Waals surface area (Å²) in [5.41, 5.74) is 3.23. The number of hydrogen-bond acceptors (Lipinski definition) is 3. The largest absolute Gasteiger partial charge is 0.324 e. The minimum absolute atomic E-state index is 0.240. The van der Waals surface area contributed by atoms with E-state index in [1.807, 2.05) is 49.4 Å². The molecule has 3 aromatic rings. The van der Waals surface area contributed by atoms with Crippen LogP contribution in [-0.2, 0) is 11.2 Å². The molecule has 0 saturated heterocycles. The van der Waals surface area contributed by atoms with Crippen molar-refractivity contribution in [2.75, 3.05) is 5.32 Å². The maximum absolute atomic E-state index is 13.2. The van der Waals surface area contributed by atoms with Gasteiger partial charge in [-0.1, -0.05) is 60.2 Å². The molecule has 3 aromatic carbocycles. The van der Waals surface area contributed by atoms with Gasteiger partial charge >= 0.3 is 0 Å². The van der Waals surface area contributed by atoms with Crippen LogP contribution in [0.4, 0.5) is 5.69 Å². The lowest BCUT2D eigenvalue weighted by Gasteiger charge is -2.25. The van der Waals surface area contributed by atoms with Crippen molar-refractivity contribution in [1.82, 2.24) is 4.90 Å². The Morgan fingerprint density at radius 2 is 1.38 bits per heavy atom. The molecule has 4 rings (SSSR count). The lowest BCUT2D eigenvalue weighted by Crippen LogP contribution is -2.48. The van der Waals surface area contributed by atoms with Crippen LogP contribution in [0.25, 0.3) is 0 Å². The smallest absolute Gasteiger partial charge is 0.262 e. The summed E-state index contributed by atoms with van der Waals surface area (Å²) in [4.78, 5) is 40.2. The third-order valence-corrected chi connectivity index (χ3v) is 5.03. The molecule has 1 N–H and O–H groups in total. The zero-order valence-electron chi connectivity index (χ0n) is 16.0. The number of nitrogens with one attached hydrogen (secondary N) is 1. The Balaban J connectivity index is 1.67. The van der Waals surface area contributed by atoms with Crippen LogP contribution in [0.15, 0.2) is 78.9 Å². The second-order valence-corrected chi connectivity index (χ2v) is 7.09. The summed E-state index contributed by atoms with van der Waals surface area (Å²) in [6.45, 7) is 1.96. The highest BCUT2D eigenvalue weighted by atomic mass is 16.2. The predicted molar refractivity (Wildman–Crippen MR) is 111 cm³/mol. The zero-order valence-corrected chi connectivity index (χ0v) is 16.0. The first-order chi connectivity index (χ1) is 14.0. The van der Waals surface area contributed by atoms with Crippen LogP contribution < -0.4 is 5.32 Å². The fourth-order valence-electron chi connectivity index (χ4n) is 3.49. The number of rotatable bonds is 5. The molecule has 0 aromatic heterocycles. The van der Waals surface area contributed by atoms with E-state index in [0.29, 0.717) is 16.8 Å². The molecule has 0 aliphatic carbocycles. The van der Waals surface area contributed by atoms with E-state index in [2.05, 4.69) is 5.32 Å². The van der Waals surface area contributed by atoms with Gasteiger partial charge in [0.25, 0.3) is 11.8 Å². The van der Waals surface area contributed by atoms with E-state index in [1.54, 1.807) is 36.4 Å². The Labute approximate surface area is 169 Å². The van der Waals surface area contributed by atoms with Crippen molar-refractivity contribution in [3.05, 3.63) is 101 Å². The molecule has 5 heteroatoms. The van der Waals surface area contributed by atoms with Gasteiger partial charge in [-0.25, -0.2) is 0 Å². The summed E-state index contributed by atoms with van der Waals surface area (Å²) in [6.07, 6.45) is 0.240. The molecule has 1 heterocycles. The first-order valence-corrected chi connectivity index (χ1v) is 9.43. The van der Waals surface area contributed by atoms with Gasteiger partial charge < -0.3 is 5.32 Å².